The Morgan fingerprint density at radius 1 is 1.23 bits per heavy atom. The van der Waals surface area contributed by atoms with E-state index in [0.29, 0.717) is 17.2 Å². The summed E-state index contributed by atoms with van der Waals surface area (Å²) in [5.41, 5.74) is 1.29. The first-order valence-electron chi connectivity index (χ1n) is 7.62. The molecule has 0 spiro atoms. The van der Waals surface area contributed by atoms with Gasteiger partial charge in [-0.2, -0.15) is 0 Å². The molecule has 0 atom stereocenters. The van der Waals surface area contributed by atoms with Crippen molar-refractivity contribution in [1.29, 1.82) is 0 Å². The first kappa shape index (κ1) is 19.3. The molecule has 0 radical (unpaired) electrons. The van der Waals surface area contributed by atoms with Crippen molar-refractivity contribution < 1.29 is 28.6 Å². The molecule has 2 N–H and O–H groups in total. The van der Waals surface area contributed by atoms with Crippen molar-refractivity contribution >= 4 is 34.2 Å². The molecule has 2 rings (SSSR count). The zero-order chi connectivity index (χ0) is 19.3. The molecule has 0 aliphatic rings. The van der Waals surface area contributed by atoms with E-state index >= 15 is 0 Å². The number of carbonyl (C=O) groups is 3. The van der Waals surface area contributed by atoms with Gasteiger partial charge in [-0.15, -0.1) is 11.3 Å². The maximum Gasteiger partial charge on any atom is 0.341 e. The summed E-state index contributed by atoms with van der Waals surface area (Å²) in [5.74, 6) is -3.00. The second-order valence-electron chi connectivity index (χ2n) is 5.13. The minimum atomic E-state index is -1.26. The molecule has 1 aromatic heterocycles. The summed E-state index contributed by atoms with van der Waals surface area (Å²) >= 11 is 1.15. The Kier molecular flexibility index (Phi) is 6.24. The number of amides is 1. The first-order chi connectivity index (χ1) is 12.3. The summed E-state index contributed by atoms with van der Waals surface area (Å²) in [6, 6.07) is 5.61. The second kappa shape index (κ2) is 8.39. The Morgan fingerprint density at radius 3 is 2.46 bits per heavy atom. The van der Waals surface area contributed by atoms with Crippen molar-refractivity contribution in [2.24, 2.45) is 0 Å². The van der Waals surface area contributed by atoms with Gasteiger partial charge in [0.1, 0.15) is 16.4 Å². The van der Waals surface area contributed by atoms with Gasteiger partial charge in [-0.25, -0.2) is 14.0 Å². The summed E-state index contributed by atoms with van der Waals surface area (Å²) in [7, 11) is 0. The van der Waals surface area contributed by atoms with Gasteiger partial charge in [0.05, 0.1) is 6.61 Å². The van der Waals surface area contributed by atoms with Gasteiger partial charge in [0.25, 0.3) is 0 Å². The second-order valence-corrected chi connectivity index (χ2v) is 6.35. The zero-order valence-electron chi connectivity index (χ0n) is 14.0. The molecule has 0 aliphatic heterocycles. The number of aryl methyl sites for hydroxylation is 1. The van der Waals surface area contributed by atoms with E-state index in [1.54, 1.807) is 13.8 Å². The monoisotopic (exact) mass is 377 g/mol. The average Bonchev–Trinajstić information content (AvgIpc) is 2.90. The maximum atomic E-state index is 13.2. The van der Waals surface area contributed by atoms with Crippen LogP contribution in [0.15, 0.2) is 36.4 Å². The van der Waals surface area contributed by atoms with E-state index in [0.717, 1.165) is 22.3 Å². The van der Waals surface area contributed by atoms with E-state index in [-0.39, 0.29) is 17.2 Å². The van der Waals surface area contributed by atoms with Gasteiger partial charge >= 0.3 is 11.9 Å². The molecule has 0 fully saturated rings. The number of ether oxygens (including phenoxy) is 1. The molecule has 136 valence electrons. The highest BCUT2D eigenvalue weighted by Crippen LogP contribution is 2.40. The van der Waals surface area contributed by atoms with Crippen LogP contribution in [0.5, 0.6) is 0 Å². The minimum absolute atomic E-state index is 0.142. The van der Waals surface area contributed by atoms with Gasteiger partial charge in [-0.05, 0) is 31.5 Å². The molecule has 0 aliphatic carbocycles. The van der Waals surface area contributed by atoms with Crippen molar-refractivity contribution in [1.82, 2.24) is 0 Å². The van der Waals surface area contributed by atoms with E-state index in [9.17, 15) is 18.8 Å². The van der Waals surface area contributed by atoms with E-state index in [2.05, 4.69) is 5.32 Å². The van der Waals surface area contributed by atoms with Crippen LogP contribution < -0.4 is 5.32 Å². The number of carboxylic acids is 1. The summed E-state index contributed by atoms with van der Waals surface area (Å²) in [4.78, 5) is 35.6. The Balaban J connectivity index is 2.50. The maximum absolute atomic E-state index is 13.2. The van der Waals surface area contributed by atoms with Gasteiger partial charge < -0.3 is 15.2 Å². The smallest absolute Gasteiger partial charge is 0.341 e. The van der Waals surface area contributed by atoms with Crippen LogP contribution in [-0.4, -0.2) is 29.6 Å². The predicted octanol–water partition coefficient (Wildman–Crippen LogP) is 3.62. The quantitative estimate of drug-likeness (QED) is 0.592. The number of carboxylic acid groups (broad SMARTS) is 1. The number of carbonyl (C=O) groups excluding carboxylic acids is 2. The highest BCUT2D eigenvalue weighted by molar-refractivity contribution is 7.17. The number of rotatable bonds is 6. The number of nitrogens with one attached hydrogen (secondary N) is 1. The number of hydrogen-bond acceptors (Lipinski definition) is 5. The number of anilines is 1. The van der Waals surface area contributed by atoms with Crippen LogP contribution in [0.2, 0.25) is 0 Å². The largest absolute Gasteiger partial charge is 0.478 e. The molecule has 1 amide bonds. The molecule has 1 heterocycles. The minimum Gasteiger partial charge on any atom is -0.478 e. The molecule has 0 saturated heterocycles. The van der Waals surface area contributed by atoms with Crippen LogP contribution in [0, 0.1) is 12.7 Å². The van der Waals surface area contributed by atoms with Gasteiger partial charge in [0.15, 0.2) is 0 Å². The lowest BCUT2D eigenvalue weighted by atomic mass is 10.0. The molecule has 0 unspecified atom stereocenters. The Bertz CT molecular complexity index is 870. The van der Waals surface area contributed by atoms with Crippen LogP contribution in [0.4, 0.5) is 9.39 Å². The molecule has 0 bridgehead atoms. The van der Waals surface area contributed by atoms with Crippen LogP contribution >= 0.6 is 11.3 Å². The lowest BCUT2D eigenvalue weighted by Crippen LogP contribution is -2.13. The lowest BCUT2D eigenvalue weighted by molar-refractivity contribution is -0.131. The predicted molar refractivity (Wildman–Crippen MR) is 95.8 cm³/mol. The average molecular weight is 377 g/mol. The number of halogens is 1. The van der Waals surface area contributed by atoms with Crippen molar-refractivity contribution in [2.45, 2.75) is 13.8 Å². The highest BCUT2D eigenvalue weighted by atomic mass is 32.1. The van der Waals surface area contributed by atoms with Crippen LogP contribution in [-0.2, 0) is 14.3 Å². The van der Waals surface area contributed by atoms with E-state index in [4.69, 9.17) is 9.84 Å². The van der Waals surface area contributed by atoms with Crippen LogP contribution in [0.1, 0.15) is 22.2 Å². The summed E-state index contributed by atoms with van der Waals surface area (Å²) in [6.07, 6.45) is 1.55. The fraction of sp³-hybridized carbons (Fsp3) is 0.167. The summed E-state index contributed by atoms with van der Waals surface area (Å²) < 4.78 is 18.3. The van der Waals surface area contributed by atoms with E-state index in [1.807, 2.05) is 0 Å². The Labute approximate surface area is 152 Å². The molecule has 26 heavy (non-hydrogen) atoms. The zero-order valence-corrected chi connectivity index (χ0v) is 14.9. The third-order valence-electron chi connectivity index (χ3n) is 3.31. The number of aliphatic carboxylic acids is 1. The summed E-state index contributed by atoms with van der Waals surface area (Å²) in [5, 5.41) is 11.3. The highest BCUT2D eigenvalue weighted by Gasteiger charge is 2.25. The fourth-order valence-corrected chi connectivity index (χ4v) is 3.36. The van der Waals surface area contributed by atoms with Crippen molar-refractivity contribution in [3.8, 4) is 11.1 Å². The molecule has 1 aromatic carbocycles. The number of esters is 1. The lowest BCUT2D eigenvalue weighted by Gasteiger charge is -2.08. The standard InChI is InChI=1S/C18H16FNO5S/c1-3-25-18(24)16-15(11-4-6-12(19)7-5-11)10(2)26-17(16)20-13(21)8-9-14(22)23/h4-9H,3H2,1-2H3,(H,20,21)(H,22,23). The number of hydrogen-bond donors (Lipinski definition) is 2. The first-order valence-corrected chi connectivity index (χ1v) is 8.43. The van der Waals surface area contributed by atoms with Crippen molar-refractivity contribution in [2.75, 3.05) is 11.9 Å². The van der Waals surface area contributed by atoms with Gasteiger partial charge in [0, 0.05) is 22.6 Å². The molecular weight excluding hydrogens is 361 g/mol. The van der Waals surface area contributed by atoms with Gasteiger partial charge in [-0.1, -0.05) is 12.1 Å². The number of benzene rings is 1. The normalized spacial score (nSPS) is 10.7. The molecule has 2 aromatic rings. The fourth-order valence-electron chi connectivity index (χ4n) is 2.30. The van der Waals surface area contributed by atoms with E-state index < -0.39 is 23.7 Å². The molecule has 6 nitrogen and oxygen atoms in total. The Hall–Kier alpha value is -3.00. The van der Waals surface area contributed by atoms with E-state index in [1.165, 1.54) is 24.3 Å². The van der Waals surface area contributed by atoms with Crippen LogP contribution in [0.25, 0.3) is 11.1 Å². The van der Waals surface area contributed by atoms with Crippen molar-refractivity contribution in [3.05, 3.63) is 52.7 Å². The third kappa shape index (κ3) is 4.54. The van der Waals surface area contributed by atoms with Gasteiger partial charge in [-0.3, -0.25) is 4.79 Å². The van der Waals surface area contributed by atoms with Gasteiger partial charge in [0.2, 0.25) is 5.91 Å². The Morgan fingerprint density at radius 2 is 1.88 bits per heavy atom. The third-order valence-corrected chi connectivity index (χ3v) is 4.33. The topological polar surface area (TPSA) is 92.7 Å². The SMILES string of the molecule is CCOC(=O)c1c(NC(=O)C=CC(=O)O)sc(C)c1-c1ccc(F)cc1. The molecule has 0 saturated carbocycles. The number of thiophene rings is 1. The van der Waals surface area contributed by atoms with Crippen molar-refractivity contribution in [3.63, 3.8) is 0 Å². The van der Waals surface area contributed by atoms with Crippen LogP contribution in [0.3, 0.4) is 0 Å². The summed E-state index contributed by atoms with van der Waals surface area (Å²) in [6.45, 7) is 3.56. The molecule has 8 heteroatoms. The molecular formula is C18H16FNO5S.